The molecule has 3 rings (SSSR count). The molecule has 24 heavy (non-hydrogen) atoms. The minimum absolute atomic E-state index is 0.0598. The lowest BCUT2D eigenvalue weighted by Crippen LogP contribution is -2.45. The van der Waals surface area contributed by atoms with E-state index >= 15 is 0 Å². The molecule has 10 heteroatoms. The van der Waals surface area contributed by atoms with Crippen LogP contribution in [0.2, 0.25) is 0 Å². The van der Waals surface area contributed by atoms with Crippen molar-refractivity contribution in [3.63, 3.8) is 0 Å². The molecule has 1 aliphatic heterocycles. The molecule has 1 saturated heterocycles. The number of alkyl halides is 3. The van der Waals surface area contributed by atoms with Crippen molar-refractivity contribution in [3.05, 3.63) is 29.6 Å². The van der Waals surface area contributed by atoms with E-state index < -0.39 is 11.9 Å². The van der Waals surface area contributed by atoms with Crippen LogP contribution in [0.15, 0.2) is 12.3 Å². The Kier molecular flexibility index (Phi) is 4.39. The van der Waals surface area contributed by atoms with Crippen molar-refractivity contribution in [2.75, 3.05) is 24.6 Å². The zero-order chi connectivity index (χ0) is 17.3. The Bertz CT molecular complexity index is 717. The predicted molar refractivity (Wildman–Crippen MR) is 78.5 cm³/mol. The van der Waals surface area contributed by atoms with Gasteiger partial charge >= 0.3 is 6.18 Å². The highest BCUT2D eigenvalue weighted by Crippen LogP contribution is 2.28. The van der Waals surface area contributed by atoms with Gasteiger partial charge in [0.1, 0.15) is 17.3 Å². The van der Waals surface area contributed by atoms with Crippen molar-refractivity contribution in [1.29, 1.82) is 0 Å². The first kappa shape index (κ1) is 16.6. The summed E-state index contributed by atoms with van der Waals surface area (Å²) >= 11 is 0. The van der Waals surface area contributed by atoms with E-state index in [1.54, 1.807) is 16.5 Å². The third kappa shape index (κ3) is 3.64. The lowest BCUT2D eigenvalue weighted by Gasteiger charge is -2.33. The van der Waals surface area contributed by atoms with Crippen molar-refractivity contribution < 1.29 is 17.9 Å². The summed E-state index contributed by atoms with van der Waals surface area (Å²) in [6, 6.07) is 0.864. The van der Waals surface area contributed by atoms with Gasteiger partial charge < -0.3 is 9.64 Å². The van der Waals surface area contributed by atoms with Crippen LogP contribution in [0.5, 0.6) is 0 Å². The number of aromatic nitrogens is 5. The highest BCUT2D eigenvalue weighted by Gasteiger charge is 2.33. The quantitative estimate of drug-likeness (QED) is 0.844. The molecule has 130 valence electrons. The van der Waals surface area contributed by atoms with Gasteiger partial charge in [0.2, 0.25) is 5.95 Å². The van der Waals surface area contributed by atoms with Gasteiger partial charge in [-0.15, -0.1) is 0 Å². The normalized spacial score (nSPS) is 18.9. The minimum atomic E-state index is -4.49. The van der Waals surface area contributed by atoms with Gasteiger partial charge in [-0.25, -0.2) is 19.6 Å². The van der Waals surface area contributed by atoms with Gasteiger partial charge in [-0.1, -0.05) is 0 Å². The molecule has 0 aromatic carbocycles. The number of ether oxygens (including phenoxy) is 1. The first-order valence-corrected chi connectivity index (χ1v) is 7.48. The van der Waals surface area contributed by atoms with Gasteiger partial charge in [-0.05, 0) is 19.9 Å². The number of rotatable bonds is 3. The molecule has 0 radical (unpaired) electrons. The Balaban J connectivity index is 1.73. The predicted octanol–water partition coefficient (Wildman–Crippen LogP) is 1.61. The van der Waals surface area contributed by atoms with Gasteiger partial charge in [-0.3, -0.25) is 0 Å². The van der Waals surface area contributed by atoms with Gasteiger partial charge in [-0.2, -0.15) is 18.3 Å². The highest BCUT2D eigenvalue weighted by molar-refractivity contribution is 5.31. The fraction of sp³-hybridized carbons (Fsp3) is 0.571. The summed E-state index contributed by atoms with van der Waals surface area (Å²) in [5, 5.41) is 4.28. The molecule has 1 fully saturated rings. The SMILES string of the molecule is Cc1nc(C)n(CC2CN(c3nccc(C(F)(F)F)n3)CCO2)n1. The van der Waals surface area contributed by atoms with Crippen LogP contribution in [0.3, 0.4) is 0 Å². The first-order valence-electron chi connectivity index (χ1n) is 7.48. The van der Waals surface area contributed by atoms with Crippen molar-refractivity contribution in [2.45, 2.75) is 32.7 Å². The van der Waals surface area contributed by atoms with Crippen molar-refractivity contribution in [3.8, 4) is 0 Å². The van der Waals surface area contributed by atoms with E-state index in [4.69, 9.17) is 4.74 Å². The number of anilines is 1. The number of hydrogen-bond acceptors (Lipinski definition) is 6. The average Bonchev–Trinajstić information content (AvgIpc) is 2.84. The Morgan fingerprint density at radius 2 is 2.08 bits per heavy atom. The van der Waals surface area contributed by atoms with Gasteiger partial charge in [0.25, 0.3) is 0 Å². The fourth-order valence-electron chi connectivity index (χ4n) is 2.60. The molecule has 0 bridgehead atoms. The van der Waals surface area contributed by atoms with Gasteiger partial charge in [0, 0.05) is 19.3 Å². The molecule has 3 heterocycles. The van der Waals surface area contributed by atoms with E-state index in [9.17, 15) is 13.2 Å². The second-order valence-corrected chi connectivity index (χ2v) is 5.57. The third-order valence-electron chi connectivity index (χ3n) is 3.69. The van der Waals surface area contributed by atoms with Gasteiger partial charge in [0.15, 0.2) is 0 Å². The number of morpholine rings is 1. The largest absolute Gasteiger partial charge is 0.433 e. The second kappa shape index (κ2) is 6.34. The van der Waals surface area contributed by atoms with E-state index in [-0.39, 0.29) is 12.1 Å². The molecular formula is C14H17F3N6O. The molecule has 1 aliphatic rings. The second-order valence-electron chi connectivity index (χ2n) is 5.57. The van der Waals surface area contributed by atoms with Crippen LogP contribution in [0.4, 0.5) is 19.1 Å². The summed E-state index contributed by atoms with van der Waals surface area (Å²) in [5.41, 5.74) is -0.946. The number of halogens is 3. The molecule has 0 aliphatic carbocycles. The molecule has 2 aromatic heterocycles. The Labute approximate surface area is 136 Å². The molecule has 0 N–H and O–H groups in total. The Morgan fingerprint density at radius 1 is 1.29 bits per heavy atom. The van der Waals surface area contributed by atoms with Crippen molar-refractivity contribution in [1.82, 2.24) is 24.7 Å². The van der Waals surface area contributed by atoms with Gasteiger partial charge in [0.05, 0.1) is 19.3 Å². The maximum atomic E-state index is 12.8. The lowest BCUT2D eigenvalue weighted by molar-refractivity contribution is -0.141. The number of hydrogen-bond donors (Lipinski definition) is 0. The van der Waals surface area contributed by atoms with E-state index in [2.05, 4.69) is 20.1 Å². The number of nitrogens with zero attached hydrogens (tertiary/aromatic N) is 6. The number of aryl methyl sites for hydroxylation is 2. The Hall–Kier alpha value is -2.23. The van der Waals surface area contributed by atoms with Crippen LogP contribution >= 0.6 is 0 Å². The van der Waals surface area contributed by atoms with Crippen LogP contribution in [-0.2, 0) is 17.5 Å². The molecule has 0 saturated carbocycles. The lowest BCUT2D eigenvalue weighted by atomic mass is 10.2. The Morgan fingerprint density at radius 3 is 2.75 bits per heavy atom. The summed E-state index contributed by atoms with van der Waals surface area (Å²) < 4.78 is 45.8. The zero-order valence-corrected chi connectivity index (χ0v) is 13.3. The van der Waals surface area contributed by atoms with Crippen molar-refractivity contribution >= 4 is 5.95 Å². The molecular weight excluding hydrogens is 325 g/mol. The average molecular weight is 342 g/mol. The smallest absolute Gasteiger partial charge is 0.373 e. The maximum Gasteiger partial charge on any atom is 0.433 e. The fourth-order valence-corrected chi connectivity index (χ4v) is 2.60. The first-order chi connectivity index (χ1) is 11.3. The van der Waals surface area contributed by atoms with Crippen LogP contribution in [0.25, 0.3) is 0 Å². The van der Waals surface area contributed by atoms with Crippen LogP contribution < -0.4 is 4.90 Å². The van der Waals surface area contributed by atoms with E-state index in [1.807, 2.05) is 6.92 Å². The summed E-state index contributed by atoms with van der Waals surface area (Å²) in [7, 11) is 0. The van der Waals surface area contributed by atoms with Crippen LogP contribution in [-0.4, -0.2) is 50.5 Å². The molecule has 7 nitrogen and oxygen atoms in total. The zero-order valence-electron chi connectivity index (χ0n) is 13.3. The molecule has 0 amide bonds. The molecule has 0 spiro atoms. The van der Waals surface area contributed by atoms with E-state index in [0.717, 1.165) is 18.1 Å². The summed E-state index contributed by atoms with van der Waals surface area (Å²) in [6.07, 6.45) is -3.59. The molecule has 1 unspecified atom stereocenters. The molecule has 2 aromatic rings. The highest BCUT2D eigenvalue weighted by atomic mass is 19.4. The monoisotopic (exact) mass is 342 g/mol. The summed E-state index contributed by atoms with van der Waals surface area (Å²) in [4.78, 5) is 13.5. The van der Waals surface area contributed by atoms with Crippen LogP contribution in [0, 0.1) is 13.8 Å². The van der Waals surface area contributed by atoms with Crippen molar-refractivity contribution in [2.24, 2.45) is 0 Å². The van der Waals surface area contributed by atoms with E-state index in [1.165, 1.54) is 0 Å². The minimum Gasteiger partial charge on any atom is -0.373 e. The molecule has 1 atom stereocenters. The standard InChI is InChI=1S/C14H17F3N6O/c1-9-19-10(2)23(21-9)8-11-7-22(5-6-24-11)13-18-4-3-12(20-13)14(15,16)17/h3-4,11H,5-8H2,1-2H3. The van der Waals surface area contributed by atoms with E-state index in [0.29, 0.717) is 32.1 Å². The summed E-state index contributed by atoms with van der Waals surface area (Å²) in [6.45, 7) is 5.33. The summed E-state index contributed by atoms with van der Waals surface area (Å²) in [5.74, 6) is 1.49. The third-order valence-corrected chi connectivity index (χ3v) is 3.69. The van der Waals surface area contributed by atoms with Crippen LogP contribution in [0.1, 0.15) is 17.3 Å². The maximum absolute atomic E-state index is 12.8. The topological polar surface area (TPSA) is 69.0 Å².